The Morgan fingerprint density at radius 3 is 2.81 bits per heavy atom. The largest absolute Gasteiger partial charge is 0.349 e. The number of aromatic nitrogens is 3. The van der Waals surface area contributed by atoms with E-state index in [0.717, 1.165) is 46.7 Å². The van der Waals surface area contributed by atoms with Crippen LogP contribution in [0.25, 0.3) is 10.9 Å². The van der Waals surface area contributed by atoms with Crippen LogP contribution in [0.5, 0.6) is 0 Å². The van der Waals surface area contributed by atoms with Gasteiger partial charge in [0.15, 0.2) is 0 Å². The van der Waals surface area contributed by atoms with Crippen molar-refractivity contribution in [2.45, 2.75) is 45.3 Å². The molecule has 4 heterocycles. The number of aryl methyl sites for hydroxylation is 2. The Labute approximate surface area is 213 Å². The van der Waals surface area contributed by atoms with Crippen molar-refractivity contribution in [3.63, 3.8) is 0 Å². The standard InChI is InChI=1S/C27H28N6O2S/c1-3-8-23-29-30-27(36-23)28-22(34)14-16-32-21-12-7-4-9-17(21)18-13-15-33-25(24(18)32)31(2)20-11-6-5-10-19(20)26(33)35/h4-7,9-12,25H,3,8,13-16H2,1-2H3,(H,28,30,34)/t25-/m1/s1. The van der Waals surface area contributed by atoms with E-state index in [4.69, 9.17) is 0 Å². The molecule has 1 N–H and O–H groups in total. The van der Waals surface area contributed by atoms with E-state index in [0.29, 0.717) is 24.6 Å². The number of para-hydroxylation sites is 2. The number of nitrogens with one attached hydrogen (secondary N) is 1. The van der Waals surface area contributed by atoms with Crippen LogP contribution in [-0.4, -0.2) is 45.1 Å². The van der Waals surface area contributed by atoms with Crippen molar-refractivity contribution >= 4 is 44.9 Å². The Kier molecular flexibility index (Phi) is 5.72. The first-order valence-corrected chi connectivity index (χ1v) is 13.2. The zero-order valence-corrected chi connectivity index (χ0v) is 21.2. The molecule has 9 heteroatoms. The molecule has 2 aromatic carbocycles. The maximum absolute atomic E-state index is 13.5. The topological polar surface area (TPSA) is 83.4 Å². The van der Waals surface area contributed by atoms with Gasteiger partial charge in [-0.2, -0.15) is 0 Å². The van der Waals surface area contributed by atoms with Crippen molar-refractivity contribution in [3.05, 3.63) is 70.4 Å². The van der Waals surface area contributed by atoms with Crippen LogP contribution in [0, 0.1) is 0 Å². The van der Waals surface area contributed by atoms with Gasteiger partial charge in [0, 0.05) is 43.9 Å². The molecule has 36 heavy (non-hydrogen) atoms. The van der Waals surface area contributed by atoms with Crippen LogP contribution in [-0.2, 0) is 24.2 Å². The van der Waals surface area contributed by atoms with Gasteiger partial charge >= 0.3 is 0 Å². The quantitative estimate of drug-likeness (QED) is 0.418. The smallest absolute Gasteiger partial charge is 0.257 e. The Morgan fingerprint density at radius 2 is 1.94 bits per heavy atom. The van der Waals surface area contributed by atoms with E-state index in [-0.39, 0.29) is 18.0 Å². The number of nitrogens with zero attached hydrogens (tertiary/aromatic N) is 5. The van der Waals surface area contributed by atoms with Gasteiger partial charge < -0.3 is 19.7 Å². The van der Waals surface area contributed by atoms with Crippen LogP contribution in [0.3, 0.4) is 0 Å². The average molecular weight is 501 g/mol. The zero-order chi connectivity index (χ0) is 24.8. The highest BCUT2D eigenvalue weighted by atomic mass is 32.1. The Balaban J connectivity index is 1.34. The molecular formula is C27H28N6O2S. The SMILES string of the molecule is CCCc1nnc(NC(=O)CCn2c3c(c4ccccc42)CCN2C(=O)c4ccccc4N(C)[C@@H]32)s1. The Hall–Kier alpha value is -3.72. The molecule has 2 aromatic heterocycles. The summed E-state index contributed by atoms with van der Waals surface area (Å²) in [4.78, 5) is 30.5. The van der Waals surface area contributed by atoms with Crippen LogP contribution in [0.2, 0.25) is 0 Å². The van der Waals surface area contributed by atoms with Gasteiger partial charge in [-0.15, -0.1) is 10.2 Å². The molecule has 6 rings (SSSR count). The van der Waals surface area contributed by atoms with Crippen LogP contribution in [0.1, 0.15) is 52.6 Å². The summed E-state index contributed by atoms with van der Waals surface area (Å²) < 4.78 is 2.24. The van der Waals surface area contributed by atoms with Gasteiger partial charge in [-0.1, -0.05) is 48.6 Å². The average Bonchev–Trinajstić information content (AvgIpc) is 3.47. The van der Waals surface area contributed by atoms with E-state index in [9.17, 15) is 9.59 Å². The van der Waals surface area contributed by atoms with Gasteiger partial charge in [-0.05, 0) is 36.6 Å². The minimum atomic E-state index is -0.216. The Bertz CT molecular complexity index is 1470. The molecule has 0 aliphatic carbocycles. The van der Waals surface area contributed by atoms with E-state index < -0.39 is 0 Å². The lowest BCUT2D eigenvalue weighted by Crippen LogP contribution is -2.51. The lowest BCUT2D eigenvalue weighted by Gasteiger charge is -2.46. The summed E-state index contributed by atoms with van der Waals surface area (Å²) in [6, 6.07) is 16.1. The summed E-state index contributed by atoms with van der Waals surface area (Å²) in [5, 5.41) is 13.9. The lowest BCUT2D eigenvalue weighted by molar-refractivity contribution is -0.116. The van der Waals surface area contributed by atoms with Gasteiger partial charge in [0.05, 0.1) is 16.9 Å². The van der Waals surface area contributed by atoms with Crippen molar-refractivity contribution in [1.29, 1.82) is 0 Å². The monoisotopic (exact) mass is 500 g/mol. The minimum Gasteiger partial charge on any atom is -0.349 e. The van der Waals surface area contributed by atoms with Crippen molar-refractivity contribution in [1.82, 2.24) is 19.7 Å². The molecule has 0 fully saturated rings. The summed E-state index contributed by atoms with van der Waals surface area (Å²) in [7, 11) is 2.05. The first-order chi connectivity index (χ1) is 17.6. The number of amides is 2. The number of fused-ring (bicyclic) bond motifs is 6. The Morgan fingerprint density at radius 1 is 1.14 bits per heavy atom. The fourth-order valence-electron chi connectivity index (χ4n) is 5.56. The summed E-state index contributed by atoms with van der Waals surface area (Å²) in [6.45, 7) is 3.27. The molecule has 0 saturated heterocycles. The van der Waals surface area contributed by atoms with Gasteiger partial charge in [0.1, 0.15) is 11.2 Å². The molecule has 2 amide bonds. The van der Waals surface area contributed by atoms with Gasteiger partial charge in [-0.25, -0.2) is 0 Å². The summed E-state index contributed by atoms with van der Waals surface area (Å²) in [5.74, 6) is -0.0279. The maximum Gasteiger partial charge on any atom is 0.257 e. The van der Waals surface area contributed by atoms with Crippen LogP contribution in [0.15, 0.2) is 48.5 Å². The fourth-order valence-corrected chi connectivity index (χ4v) is 6.42. The molecule has 0 spiro atoms. The number of carbonyl (C=O) groups is 2. The number of benzene rings is 2. The van der Waals surface area contributed by atoms with E-state index in [1.54, 1.807) is 0 Å². The molecule has 0 bridgehead atoms. The number of rotatable bonds is 6. The molecule has 2 aliphatic heterocycles. The second-order valence-electron chi connectivity index (χ2n) is 9.33. The van der Waals surface area contributed by atoms with Crippen molar-refractivity contribution < 1.29 is 9.59 Å². The third kappa shape index (κ3) is 3.65. The maximum atomic E-state index is 13.5. The molecule has 0 unspecified atom stereocenters. The second-order valence-corrected chi connectivity index (χ2v) is 10.4. The predicted molar refractivity (Wildman–Crippen MR) is 141 cm³/mol. The first kappa shape index (κ1) is 22.7. The minimum absolute atomic E-state index is 0.0630. The normalized spacial score (nSPS) is 16.6. The number of hydrogen-bond acceptors (Lipinski definition) is 6. The second kappa shape index (κ2) is 9.05. The molecule has 8 nitrogen and oxygen atoms in total. The van der Waals surface area contributed by atoms with Crippen molar-refractivity contribution in [2.24, 2.45) is 0 Å². The van der Waals surface area contributed by atoms with Gasteiger partial charge in [0.25, 0.3) is 5.91 Å². The third-order valence-corrected chi connectivity index (χ3v) is 8.04. The third-order valence-electron chi connectivity index (χ3n) is 7.14. The number of anilines is 2. The number of hydrogen-bond donors (Lipinski definition) is 1. The van der Waals surface area contributed by atoms with Gasteiger partial charge in [0.2, 0.25) is 11.0 Å². The molecule has 4 aromatic rings. The number of carbonyl (C=O) groups excluding carboxylic acids is 2. The summed E-state index contributed by atoms with van der Waals surface area (Å²) in [5.41, 5.74) is 5.13. The van der Waals surface area contributed by atoms with Crippen LogP contribution in [0.4, 0.5) is 10.8 Å². The lowest BCUT2D eigenvalue weighted by atomic mass is 9.96. The van der Waals surface area contributed by atoms with Crippen LogP contribution < -0.4 is 10.2 Å². The zero-order valence-electron chi connectivity index (χ0n) is 20.4. The predicted octanol–water partition coefficient (Wildman–Crippen LogP) is 4.62. The van der Waals surface area contributed by atoms with E-state index in [2.05, 4.69) is 57.2 Å². The highest BCUT2D eigenvalue weighted by Gasteiger charge is 2.42. The molecule has 1 atom stereocenters. The van der Waals surface area contributed by atoms with E-state index >= 15 is 0 Å². The molecule has 0 radical (unpaired) electrons. The highest BCUT2D eigenvalue weighted by Crippen LogP contribution is 2.44. The first-order valence-electron chi connectivity index (χ1n) is 12.4. The fraction of sp³-hybridized carbons (Fsp3) is 0.333. The molecule has 2 aliphatic rings. The molecular weight excluding hydrogens is 472 g/mol. The van der Waals surface area contributed by atoms with E-state index in [1.807, 2.05) is 35.2 Å². The van der Waals surface area contributed by atoms with E-state index in [1.165, 1.54) is 22.3 Å². The van der Waals surface area contributed by atoms with Gasteiger partial charge in [-0.3, -0.25) is 9.59 Å². The van der Waals surface area contributed by atoms with Crippen LogP contribution >= 0.6 is 11.3 Å². The summed E-state index contributed by atoms with van der Waals surface area (Å²) in [6.07, 6.45) is 2.73. The summed E-state index contributed by atoms with van der Waals surface area (Å²) >= 11 is 1.43. The molecule has 0 saturated carbocycles. The molecule has 184 valence electrons. The van der Waals surface area contributed by atoms with Crippen molar-refractivity contribution in [3.8, 4) is 0 Å². The van der Waals surface area contributed by atoms with Crippen molar-refractivity contribution in [2.75, 3.05) is 23.8 Å². The highest BCUT2D eigenvalue weighted by molar-refractivity contribution is 7.15.